The molecule has 0 spiro atoms. The number of allylic oxidation sites excluding steroid dienone is 1. The average Bonchev–Trinajstić information content (AvgIpc) is 2.43. The minimum Gasteiger partial charge on any atom is -0.372 e. The first-order chi connectivity index (χ1) is 7.31. The van der Waals surface area contributed by atoms with Crippen molar-refractivity contribution >= 4 is 5.78 Å². The van der Waals surface area contributed by atoms with Crippen LogP contribution in [0.1, 0.15) is 53.4 Å². The summed E-state index contributed by atoms with van der Waals surface area (Å²) in [5.74, 6) is 0.295. The van der Waals surface area contributed by atoms with Gasteiger partial charge in [0.2, 0.25) is 0 Å². The predicted molar refractivity (Wildman–Crippen MR) is 64.3 cm³/mol. The van der Waals surface area contributed by atoms with Crippen LogP contribution in [0.4, 0.5) is 0 Å². The Morgan fingerprint density at radius 3 is 2.69 bits per heavy atom. The largest absolute Gasteiger partial charge is 0.372 e. The molecule has 0 saturated heterocycles. The smallest absolute Gasteiger partial charge is 0.155 e. The second-order valence-electron chi connectivity index (χ2n) is 6.31. The van der Waals surface area contributed by atoms with E-state index in [1.54, 1.807) is 0 Å². The summed E-state index contributed by atoms with van der Waals surface area (Å²) < 4.78 is 6.15. The van der Waals surface area contributed by atoms with Crippen molar-refractivity contribution in [2.45, 2.75) is 65.1 Å². The summed E-state index contributed by atoms with van der Waals surface area (Å²) in [5, 5.41) is 0. The number of hydrogen-bond donors (Lipinski definition) is 0. The minimum atomic E-state index is -0.0927. The van der Waals surface area contributed by atoms with Crippen LogP contribution >= 0.6 is 0 Å². The first kappa shape index (κ1) is 11.8. The zero-order chi connectivity index (χ0) is 12.0. The molecule has 16 heavy (non-hydrogen) atoms. The second-order valence-corrected chi connectivity index (χ2v) is 6.31. The number of ether oxygens (including phenoxy) is 1. The van der Waals surface area contributed by atoms with Crippen LogP contribution in [0.3, 0.4) is 0 Å². The molecule has 0 radical (unpaired) electrons. The quantitative estimate of drug-likeness (QED) is 0.680. The summed E-state index contributed by atoms with van der Waals surface area (Å²) in [6, 6.07) is 0. The number of carbonyl (C=O) groups excluding carboxylic acids is 1. The van der Waals surface area contributed by atoms with Gasteiger partial charge in [-0.1, -0.05) is 12.5 Å². The van der Waals surface area contributed by atoms with E-state index in [1.165, 1.54) is 5.57 Å². The van der Waals surface area contributed by atoms with E-state index in [0.717, 1.165) is 19.3 Å². The molecule has 0 aliphatic heterocycles. The third-order valence-corrected chi connectivity index (χ3v) is 3.84. The van der Waals surface area contributed by atoms with Gasteiger partial charge in [-0.3, -0.25) is 4.79 Å². The van der Waals surface area contributed by atoms with Gasteiger partial charge in [-0.15, -0.1) is 0 Å². The Hall–Kier alpha value is -0.630. The number of rotatable bonds is 1. The zero-order valence-corrected chi connectivity index (χ0v) is 10.8. The SMILES string of the molecule is CC(C)(C)O[C@@H]1CCC2=CC(=O)CCC21C. The molecule has 2 nitrogen and oxygen atoms in total. The lowest BCUT2D eigenvalue weighted by Gasteiger charge is -2.38. The fraction of sp³-hybridized carbons (Fsp3) is 0.786. The van der Waals surface area contributed by atoms with E-state index >= 15 is 0 Å². The second kappa shape index (κ2) is 3.69. The molecule has 90 valence electrons. The molecule has 2 heteroatoms. The van der Waals surface area contributed by atoms with E-state index in [4.69, 9.17) is 4.74 Å². The predicted octanol–water partition coefficient (Wildman–Crippen LogP) is 3.26. The zero-order valence-electron chi connectivity index (χ0n) is 10.8. The molecule has 2 rings (SSSR count). The summed E-state index contributed by atoms with van der Waals surface area (Å²) in [6.07, 6.45) is 5.89. The standard InChI is InChI=1S/C14H22O2/c1-13(2,3)16-12-6-5-10-9-11(15)7-8-14(10,12)4/h9,12H,5-8H2,1-4H3/t12-,14?/m1/s1. The molecule has 0 heterocycles. The summed E-state index contributed by atoms with van der Waals surface area (Å²) in [7, 11) is 0. The first-order valence-electron chi connectivity index (χ1n) is 6.23. The Morgan fingerprint density at radius 2 is 2.06 bits per heavy atom. The lowest BCUT2D eigenvalue weighted by molar-refractivity contribution is -0.118. The van der Waals surface area contributed by atoms with Crippen LogP contribution in [0.5, 0.6) is 0 Å². The summed E-state index contributed by atoms with van der Waals surface area (Å²) in [4.78, 5) is 11.4. The molecule has 1 fully saturated rings. The molecule has 0 aromatic rings. The molecule has 0 aromatic carbocycles. The van der Waals surface area contributed by atoms with Crippen LogP contribution in [0.15, 0.2) is 11.6 Å². The van der Waals surface area contributed by atoms with Crippen molar-refractivity contribution in [3.05, 3.63) is 11.6 Å². The molecule has 0 aromatic heterocycles. The number of hydrogen-bond acceptors (Lipinski definition) is 2. The maximum absolute atomic E-state index is 11.4. The topological polar surface area (TPSA) is 26.3 Å². The van der Waals surface area contributed by atoms with Crippen LogP contribution in [-0.4, -0.2) is 17.5 Å². The van der Waals surface area contributed by atoms with Crippen molar-refractivity contribution in [2.75, 3.05) is 0 Å². The van der Waals surface area contributed by atoms with Gasteiger partial charge in [0.1, 0.15) is 0 Å². The molecule has 1 unspecified atom stereocenters. The Morgan fingerprint density at radius 1 is 1.38 bits per heavy atom. The van der Waals surface area contributed by atoms with E-state index in [0.29, 0.717) is 12.2 Å². The van der Waals surface area contributed by atoms with E-state index in [2.05, 4.69) is 27.7 Å². The number of carbonyl (C=O) groups is 1. The molecule has 1 saturated carbocycles. The molecular weight excluding hydrogens is 200 g/mol. The van der Waals surface area contributed by atoms with Crippen molar-refractivity contribution in [3.8, 4) is 0 Å². The third-order valence-electron chi connectivity index (χ3n) is 3.84. The fourth-order valence-electron chi connectivity index (χ4n) is 2.92. The highest BCUT2D eigenvalue weighted by Crippen LogP contribution is 2.50. The van der Waals surface area contributed by atoms with Gasteiger partial charge < -0.3 is 4.74 Å². The number of fused-ring (bicyclic) bond motifs is 1. The van der Waals surface area contributed by atoms with Gasteiger partial charge in [-0.2, -0.15) is 0 Å². The highest BCUT2D eigenvalue weighted by Gasteiger charge is 2.46. The van der Waals surface area contributed by atoms with Crippen molar-refractivity contribution in [1.82, 2.24) is 0 Å². The van der Waals surface area contributed by atoms with E-state index < -0.39 is 0 Å². The normalized spacial score (nSPS) is 34.9. The van der Waals surface area contributed by atoms with Gasteiger partial charge in [0.15, 0.2) is 5.78 Å². The highest BCUT2D eigenvalue weighted by molar-refractivity contribution is 5.91. The van der Waals surface area contributed by atoms with E-state index in [9.17, 15) is 4.79 Å². The molecule has 0 bridgehead atoms. The van der Waals surface area contributed by atoms with Gasteiger partial charge in [0, 0.05) is 11.8 Å². The molecule has 2 atom stereocenters. The molecule has 0 amide bonds. The van der Waals surface area contributed by atoms with Crippen LogP contribution in [0, 0.1) is 5.41 Å². The minimum absolute atomic E-state index is 0.0927. The summed E-state index contributed by atoms with van der Waals surface area (Å²) >= 11 is 0. The van der Waals surface area contributed by atoms with Crippen molar-refractivity contribution in [2.24, 2.45) is 5.41 Å². The van der Waals surface area contributed by atoms with E-state index in [1.807, 2.05) is 6.08 Å². The van der Waals surface area contributed by atoms with E-state index in [-0.39, 0.29) is 17.1 Å². The van der Waals surface area contributed by atoms with Gasteiger partial charge in [0.05, 0.1) is 11.7 Å². The van der Waals surface area contributed by atoms with Crippen LogP contribution in [0.2, 0.25) is 0 Å². The van der Waals surface area contributed by atoms with Crippen LogP contribution < -0.4 is 0 Å². The van der Waals surface area contributed by atoms with Crippen LogP contribution in [-0.2, 0) is 9.53 Å². The monoisotopic (exact) mass is 222 g/mol. The molecule has 2 aliphatic rings. The van der Waals surface area contributed by atoms with Gasteiger partial charge in [-0.05, 0) is 46.1 Å². The van der Waals surface area contributed by atoms with Crippen molar-refractivity contribution in [3.63, 3.8) is 0 Å². The molecule has 0 N–H and O–H groups in total. The Labute approximate surface area is 98.1 Å². The first-order valence-corrected chi connectivity index (χ1v) is 6.23. The molecular formula is C14H22O2. The summed E-state index contributed by atoms with van der Waals surface area (Å²) in [6.45, 7) is 8.57. The lowest BCUT2D eigenvalue weighted by atomic mass is 9.74. The van der Waals surface area contributed by atoms with Crippen molar-refractivity contribution < 1.29 is 9.53 Å². The summed E-state index contributed by atoms with van der Waals surface area (Å²) in [5.41, 5.74) is 1.34. The van der Waals surface area contributed by atoms with Gasteiger partial charge in [0.25, 0.3) is 0 Å². The molecule has 2 aliphatic carbocycles. The Bertz CT molecular complexity index is 335. The van der Waals surface area contributed by atoms with Gasteiger partial charge in [-0.25, -0.2) is 0 Å². The van der Waals surface area contributed by atoms with Crippen LogP contribution in [0.25, 0.3) is 0 Å². The van der Waals surface area contributed by atoms with Crippen molar-refractivity contribution in [1.29, 1.82) is 0 Å². The fourth-order valence-corrected chi connectivity index (χ4v) is 2.92. The number of ketones is 1. The average molecular weight is 222 g/mol. The third kappa shape index (κ3) is 2.08. The maximum atomic E-state index is 11.4. The lowest BCUT2D eigenvalue weighted by Crippen LogP contribution is -2.38. The van der Waals surface area contributed by atoms with Gasteiger partial charge >= 0.3 is 0 Å². The highest BCUT2D eigenvalue weighted by atomic mass is 16.5. The Kier molecular flexibility index (Phi) is 2.73. The maximum Gasteiger partial charge on any atom is 0.155 e. The Balaban J connectivity index is 2.20.